The third-order valence-corrected chi connectivity index (χ3v) is 7.29. The number of nitrogens with zero attached hydrogens (tertiary/aromatic N) is 2. The Balaban J connectivity index is 1.77. The van der Waals surface area contributed by atoms with Crippen molar-refractivity contribution in [1.29, 1.82) is 0 Å². The zero-order chi connectivity index (χ0) is 30.9. The number of rotatable bonds is 6. The van der Waals surface area contributed by atoms with Crippen molar-refractivity contribution in [2.45, 2.75) is 53.7 Å². The van der Waals surface area contributed by atoms with E-state index in [4.69, 9.17) is 13.9 Å². The smallest absolute Gasteiger partial charge is 0.415 e. The minimum absolute atomic E-state index is 0.101. The minimum Gasteiger partial charge on any atom is -0.496 e. The first-order chi connectivity index (χ1) is 20.5. The summed E-state index contributed by atoms with van der Waals surface area (Å²) in [5.41, 5.74) is 5.71. The van der Waals surface area contributed by atoms with E-state index in [1.54, 1.807) is 19.4 Å². The first-order valence-electron chi connectivity index (χ1n) is 14.2. The van der Waals surface area contributed by atoms with Crippen LogP contribution in [0.1, 0.15) is 43.2 Å². The average Bonchev–Trinajstić information content (AvgIpc) is 2.96. The van der Waals surface area contributed by atoms with Crippen LogP contribution in [0.2, 0.25) is 0 Å². The highest BCUT2D eigenvalue weighted by Crippen LogP contribution is 2.37. The number of benzene rings is 3. The van der Waals surface area contributed by atoms with Gasteiger partial charge in [-0.2, -0.15) is 0 Å². The fourth-order valence-electron chi connectivity index (χ4n) is 5.18. The molecule has 2 aromatic heterocycles. The zero-order valence-electron chi connectivity index (χ0n) is 25.6. The molecule has 5 rings (SSSR count). The molecule has 0 radical (unpaired) electrons. The molecule has 43 heavy (non-hydrogen) atoms. The Kier molecular flexibility index (Phi) is 8.09. The summed E-state index contributed by atoms with van der Waals surface area (Å²) in [6, 6.07) is 22.5. The Labute approximate surface area is 251 Å². The van der Waals surface area contributed by atoms with E-state index in [-0.39, 0.29) is 12.0 Å². The molecule has 7 nitrogen and oxygen atoms in total. The largest absolute Gasteiger partial charge is 0.496 e. The van der Waals surface area contributed by atoms with Crippen LogP contribution in [0, 0.1) is 20.8 Å². The summed E-state index contributed by atoms with van der Waals surface area (Å²) < 4.78 is 18.0. The van der Waals surface area contributed by atoms with E-state index in [9.17, 15) is 9.59 Å². The van der Waals surface area contributed by atoms with Crippen molar-refractivity contribution in [2.75, 3.05) is 12.0 Å². The lowest BCUT2D eigenvalue weighted by atomic mass is 9.97. The van der Waals surface area contributed by atoms with Crippen LogP contribution in [-0.4, -0.2) is 23.8 Å². The molecule has 0 aliphatic rings. The van der Waals surface area contributed by atoms with Gasteiger partial charge in [-0.1, -0.05) is 54.6 Å². The lowest BCUT2D eigenvalue weighted by molar-refractivity contribution is 0.0577. The number of ether oxygens (including phenoxy) is 2. The van der Waals surface area contributed by atoms with Gasteiger partial charge in [0, 0.05) is 40.2 Å². The summed E-state index contributed by atoms with van der Waals surface area (Å²) in [7, 11) is 1.62. The molecule has 2 heterocycles. The topological polar surface area (TPSA) is 81.9 Å². The summed E-state index contributed by atoms with van der Waals surface area (Å²) in [5, 5.41) is 0.357. The number of aryl methyl sites for hydroxylation is 2. The number of pyridine rings is 1. The molecule has 0 N–H and O–H groups in total. The maximum atomic E-state index is 13.8. The van der Waals surface area contributed by atoms with Gasteiger partial charge in [0.2, 0.25) is 0 Å². The van der Waals surface area contributed by atoms with Gasteiger partial charge in [-0.3, -0.25) is 14.7 Å². The summed E-state index contributed by atoms with van der Waals surface area (Å²) in [6.07, 6.45) is 1.17. The monoisotopic (exact) mass is 576 g/mol. The molecule has 3 aromatic carbocycles. The minimum atomic E-state index is -0.748. The summed E-state index contributed by atoms with van der Waals surface area (Å²) >= 11 is 0. The molecule has 5 aromatic rings. The Hall–Kier alpha value is -4.91. The number of hydrogen-bond acceptors (Lipinski definition) is 6. The van der Waals surface area contributed by atoms with E-state index < -0.39 is 11.7 Å². The van der Waals surface area contributed by atoms with Gasteiger partial charge < -0.3 is 13.9 Å². The maximum absolute atomic E-state index is 13.8. The van der Waals surface area contributed by atoms with Crippen molar-refractivity contribution in [3.63, 3.8) is 0 Å². The quantitative estimate of drug-likeness (QED) is 0.202. The molecule has 7 heteroatoms. The summed E-state index contributed by atoms with van der Waals surface area (Å²) in [5.74, 6) is 1.18. The average molecular weight is 577 g/mol. The molecular weight excluding hydrogens is 540 g/mol. The highest BCUT2D eigenvalue weighted by atomic mass is 16.6. The van der Waals surface area contributed by atoms with Crippen LogP contribution in [0.3, 0.4) is 0 Å². The van der Waals surface area contributed by atoms with Gasteiger partial charge in [-0.15, -0.1) is 0 Å². The number of anilines is 1. The molecule has 0 spiro atoms. The van der Waals surface area contributed by atoms with Gasteiger partial charge in [0.05, 0.1) is 24.7 Å². The number of hydrogen-bond donors (Lipinski definition) is 0. The SMILES string of the molecule is COc1c(C)cnc(CN(C(=O)OC(C)(C)C)c2cc(-c3ccccc3C)c3oc(-c4ccccc4)cc(=O)c3c2)c1C. The van der Waals surface area contributed by atoms with E-state index in [0.29, 0.717) is 39.4 Å². The third kappa shape index (κ3) is 6.16. The van der Waals surface area contributed by atoms with Gasteiger partial charge >= 0.3 is 6.09 Å². The number of aromatic nitrogens is 1. The van der Waals surface area contributed by atoms with Crippen molar-refractivity contribution in [3.8, 4) is 28.2 Å². The van der Waals surface area contributed by atoms with Crippen molar-refractivity contribution >= 4 is 22.7 Å². The molecular formula is C36H36N2O5. The third-order valence-electron chi connectivity index (χ3n) is 7.29. The van der Waals surface area contributed by atoms with Crippen molar-refractivity contribution < 1.29 is 18.7 Å². The molecule has 0 bridgehead atoms. The maximum Gasteiger partial charge on any atom is 0.415 e. The van der Waals surface area contributed by atoms with Gasteiger partial charge in [-0.25, -0.2) is 4.79 Å². The first kappa shape index (κ1) is 29.6. The van der Waals surface area contributed by atoms with Crippen molar-refractivity contribution in [1.82, 2.24) is 4.98 Å². The highest BCUT2D eigenvalue weighted by Gasteiger charge is 2.27. The van der Waals surface area contributed by atoms with Crippen LogP contribution in [-0.2, 0) is 11.3 Å². The molecule has 0 saturated carbocycles. The molecule has 0 unspecified atom stereocenters. The Morgan fingerprint density at radius 3 is 2.28 bits per heavy atom. The second-order valence-electron chi connectivity index (χ2n) is 11.6. The summed E-state index contributed by atoms with van der Waals surface area (Å²) in [6.45, 7) is 11.4. The molecule has 0 aliphatic heterocycles. The van der Waals surface area contributed by atoms with E-state index >= 15 is 0 Å². The van der Waals surface area contributed by atoms with E-state index in [2.05, 4.69) is 4.98 Å². The van der Waals surface area contributed by atoms with Crippen molar-refractivity contribution in [3.05, 3.63) is 112 Å². The number of methoxy groups -OCH3 is 1. The molecule has 0 saturated heterocycles. The van der Waals surface area contributed by atoms with Crippen LogP contribution < -0.4 is 15.1 Å². The first-order valence-corrected chi connectivity index (χ1v) is 14.2. The number of amides is 1. The van der Waals surface area contributed by atoms with Crippen LogP contribution in [0.4, 0.5) is 10.5 Å². The Morgan fingerprint density at radius 2 is 1.60 bits per heavy atom. The highest BCUT2D eigenvalue weighted by molar-refractivity contribution is 5.99. The molecule has 1 amide bonds. The fourth-order valence-corrected chi connectivity index (χ4v) is 5.18. The normalized spacial score (nSPS) is 11.4. The second-order valence-corrected chi connectivity index (χ2v) is 11.6. The predicted octanol–water partition coefficient (Wildman–Crippen LogP) is 8.40. The number of fused-ring (bicyclic) bond motifs is 1. The lowest BCUT2D eigenvalue weighted by Gasteiger charge is -2.28. The standard InChI is InChI=1S/C36H36N2O5/c1-22-13-11-12-16-27(22)28-17-26(18-29-31(39)19-32(42-34(28)29)25-14-9-8-10-15-25)38(35(40)43-36(4,5)6)21-30-24(3)33(41-7)23(2)20-37-30/h8-20H,21H2,1-7H3. The number of carbonyl (C=O) groups is 1. The van der Waals surface area contributed by atoms with Gasteiger partial charge in [0.1, 0.15) is 22.7 Å². The van der Waals surface area contributed by atoms with E-state index in [1.165, 1.54) is 11.0 Å². The Bertz CT molecular complexity index is 1870. The molecule has 0 aliphatic carbocycles. The predicted molar refractivity (Wildman–Crippen MR) is 171 cm³/mol. The molecule has 0 fully saturated rings. The van der Waals surface area contributed by atoms with Gasteiger partial charge in [-0.05, 0) is 64.8 Å². The van der Waals surface area contributed by atoms with Crippen LogP contribution in [0.5, 0.6) is 5.75 Å². The zero-order valence-corrected chi connectivity index (χ0v) is 25.6. The van der Waals surface area contributed by atoms with Crippen molar-refractivity contribution in [2.24, 2.45) is 0 Å². The summed E-state index contributed by atoms with van der Waals surface area (Å²) in [4.78, 5) is 33.7. The fraction of sp³-hybridized carbons (Fsp3) is 0.250. The Morgan fingerprint density at radius 1 is 0.907 bits per heavy atom. The van der Waals surface area contributed by atoms with Crippen LogP contribution in [0.25, 0.3) is 33.4 Å². The van der Waals surface area contributed by atoms with E-state index in [0.717, 1.165) is 27.8 Å². The van der Waals surface area contributed by atoms with Crippen LogP contribution in [0.15, 0.2) is 88.2 Å². The van der Waals surface area contributed by atoms with Gasteiger partial charge in [0.25, 0.3) is 0 Å². The van der Waals surface area contributed by atoms with E-state index in [1.807, 2.05) is 102 Å². The van der Waals surface area contributed by atoms with Crippen LogP contribution >= 0.6 is 0 Å². The lowest BCUT2D eigenvalue weighted by Crippen LogP contribution is -2.37. The molecule has 220 valence electrons. The van der Waals surface area contributed by atoms with Gasteiger partial charge in [0.15, 0.2) is 5.43 Å². The molecule has 0 atom stereocenters. The number of carbonyl (C=O) groups excluding carboxylic acids is 1. The second kappa shape index (κ2) is 11.8.